The van der Waals surface area contributed by atoms with Crippen LogP contribution in [0.25, 0.3) is 38.9 Å². The Morgan fingerprint density at radius 2 is 1.91 bits per heavy atom. The Balaban J connectivity index is 1.45. The van der Waals surface area contributed by atoms with Gasteiger partial charge in [-0.1, -0.05) is 28.4 Å². The maximum atomic E-state index is 13.4. The van der Waals surface area contributed by atoms with Crippen LogP contribution in [0.4, 0.5) is 4.39 Å². The third-order valence-electron chi connectivity index (χ3n) is 5.37. The third-order valence-corrected chi connectivity index (χ3v) is 5.99. The Kier molecular flexibility index (Phi) is 4.60. The van der Waals surface area contributed by atoms with E-state index in [9.17, 15) is 4.39 Å². The van der Waals surface area contributed by atoms with Crippen molar-refractivity contribution >= 4 is 45.1 Å². The van der Waals surface area contributed by atoms with Gasteiger partial charge in [0.05, 0.1) is 57.1 Å². The second-order valence-corrected chi connectivity index (χ2v) is 8.24. The third kappa shape index (κ3) is 3.42. The second-order valence-electron chi connectivity index (χ2n) is 7.42. The lowest BCUT2D eigenvalue weighted by Crippen LogP contribution is -2.06. The summed E-state index contributed by atoms with van der Waals surface area (Å²) in [6, 6.07) is 12.7. The lowest BCUT2D eigenvalue weighted by Gasteiger charge is -2.10. The summed E-state index contributed by atoms with van der Waals surface area (Å²) in [6.07, 6.45) is 4.57. The summed E-state index contributed by atoms with van der Waals surface area (Å²) < 4.78 is 16.8. The molecule has 0 saturated carbocycles. The van der Waals surface area contributed by atoms with Gasteiger partial charge in [-0.05, 0) is 42.5 Å². The average Bonchev–Trinajstić information content (AvgIpc) is 3.54. The lowest BCUT2D eigenvalue weighted by molar-refractivity contribution is 0.613. The molecule has 6 rings (SSSR count). The molecule has 1 N–H and O–H groups in total. The van der Waals surface area contributed by atoms with E-state index in [0.29, 0.717) is 16.2 Å². The quantitative estimate of drug-likeness (QED) is 0.382. The van der Waals surface area contributed by atoms with Gasteiger partial charge in [0.1, 0.15) is 11.3 Å². The molecule has 33 heavy (non-hydrogen) atoms. The second kappa shape index (κ2) is 7.65. The van der Waals surface area contributed by atoms with Crippen LogP contribution in [-0.4, -0.2) is 40.0 Å². The first-order valence-corrected chi connectivity index (χ1v) is 10.6. The SMILES string of the molecule is Fc1cnc(Cn2nccc2-c2cc(Cl)c3nnn(-c4ccc5cn[nH]c5c4)c3c2)c(Cl)c1. The highest BCUT2D eigenvalue weighted by Crippen LogP contribution is 2.31. The molecule has 0 spiro atoms. The molecule has 0 bridgehead atoms. The van der Waals surface area contributed by atoms with Crippen molar-refractivity contribution in [3.8, 4) is 16.9 Å². The predicted molar refractivity (Wildman–Crippen MR) is 123 cm³/mol. The highest BCUT2D eigenvalue weighted by molar-refractivity contribution is 6.35. The van der Waals surface area contributed by atoms with E-state index in [1.54, 1.807) is 21.8 Å². The molecular formula is C22H13Cl2FN8. The molecule has 162 valence electrons. The Morgan fingerprint density at radius 3 is 2.79 bits per heavy atom. The molecule has 4 aromatic heterocycles. The number of halogens is 3. The average molecular weight is 479 g/mol. The van der Waals surface area contributed by atoms with Crippen LogP contribution in [-0.2, 0) is 6.54 Å². The standard InChI is InChI=1S/C22H13Cl2FN8/c23-16-7-14(25)10-26-19(16)11-32-20(3-4-28-32)13-5-17(24)22-21(6-13)33(31-30-22)15-2-1-12-9-27-29-18(12)8-15/h1-10H,11H2,(H,27,29). The lowest BCUT2D eigenvalue weighted by atomic mass is 10.1. The van der Waals surface area contributed by atoms with Crippen molar-refractivity contribution in [3.63, 3.8) is 0 Å². The van der Waals surface area contributed by atoms with Crippen molar-refractivity contribution in [3.05, 3.63) is 82.6 Å². The van der Waals surface area contributed by atoms with Gasteiger partial charge in [-0.15, -0.1) is 5.10 Å². The van der Waals surface area contributed by atoms with Crippen molar-refractivity contribution in [2.45, 2.75) is 6.54 Å². The number of nitrogens with one attached hydrogen (secondary N) is 1. The molecule has 0 amide bonds. The Bertz CT molecular complexity index is 1650. The van der Waals surface area contributed by atoms with Crippen molar-refractivity contribution < 1.29 is 4.39 Å². The zero-order chi connectivity index (χ0) is 22.5. The largest absolute Gasteiger partial charge is 0.278 e. The number of aromatic amines is 1. The monoisotopic (exact) mass is 478 g/mol. The molecule has 4 heterocycles. The van der Waals surface area contributed by atoms with Gasteiger partial charge in [0.25, 0.3) is 0 Å². The topological polar surface area (TPSA) is 90.1 Å². The molecule has 11 heteroatoms. The molecule has 0 saturated heterocycles. The number of pyridine rings is 1. The maximum absolute atomic E-state index is 13.4. The molecule has 0 atom stereocenters. The fourth-order valence-corrected chi connectivity index (χ4v) is 4.25. The summed E-state index contributed by atoms with van der Waals surface area (Å²) in [5, 5.41) is 21.7. The van der Waals surface area contributed by atoms with E-state index in [0.717, 1.165) is 39.6 Å². The molecule has 0 aliphatic carbocycles. The van der Waals surface area contributed by atoms with E-state index >= 15 is 0 Å². The van der Waals surface area contributed by atoms with E-state index in [1.165, 1.54) is 6.07 Å². The molecule has 6 aromatic rings. The Morgan fingerprint density at radius 1 is 1.00 bits per heavy atom. The van der Waals surface area contributed by atoms with Crippen LogP contribution in [0.5, 0.6) is 0 Å². The van der Waals surface area contributed by atoms with Gasteiger partial charge < -0.3 is 0 Å². The summed E-state index contributed by atoms with van der Waals surface area (Å²) in [5.74, 6) is -0.490. The molecular weight excluding hydrogens is 466 g/mol. The van der Waals surface area contributed by atoms with E-state index in [4.69, 9.17) is 23.2 Å². The minimum absolute atomic E-state index is 0.237. The fourth-order valence-electron chi connectivity index (χ4n) is 3.78. The minimum Gasteiger partial charge on any atom is -0.278 e. The van der Waals surface area contributed by atoms with Crippen molar-refractivity contribution in [2.24, 2.45) is 0 Å². The van der Waals surface area contributed by atoms with E-state index in [-0.39, 0.29) is 11.6 Å². The van der Waals surface area contributed by atoms with Gasteiger partial charge in [0, 0.05) is 17.1 Å². The van der Waals surface area contributed by atoms with Gasteiger partial charge >= 0.3 is 0 Å². The first-order chi connectivity index (χ1) is 16.1. The number of benzene rings is 2. The highest BCUT2D eigenvalue weighted by Gasteiger charge is 2.16. The zero-order valence-corrected chi connectivity index (χ0v) is 18.3. The molecule has 0 fully saturated rings. The fraction of sp³-hybridized carbons (Fsp3) is 0.0455. The summed E-state index contributed by atoms with van der Waals surface area (Å²) in [6.45, 7) is 0.269. The summed E-state index contributed by atoms with van der Waals surface area (Å²) in [5.41, 5.74) is 5.14. The van der Waals surface area contributed by atoms with Crippen LogP contribution in [0.15, 0.2) is 61.1 Å². The van der Waals surface area contributed by atoms with Gasteiger partial charge in [-0.25, -0.2) is 9.07 Å². The van der Waals surface area contributed by atoms with Crippen LogP contribution in [0, 0.1) is 5.82 Å². The van der Waals surface area contributed by atoms with E-state index in [2.05, 4.69) is 30.6 Å². The summed E-state index contributed by atoms with van der Waals surface area (Å²) in [7, 11) is 0. The van der Waals surface area contributed by atoms with Crippen LogP contribution in [0.2, 0.25) is 10.0 Å². The predicted octanol–water partition coefficient (Wildman–Crippen LogP) is 5.05. The van der Waals surface area contributed by atoms with Crippen LogP contribution in [0.1, 0.15) is 5.69 Å². The molecule has 0 aliphatic heterocycles. The van der Waals surface area contributed by atoms with Crippen molar-refractivity contribution in [1.82, 2.24) is 40.0 Å². The molecule has 2 aromatic carbocycles. The summed E-state index contributed by atoms with van der Waals surface area (Å²) >= 11 is 12.7. The first-order valence-electron chi connectivity index (χ1n) is 9.87. The molecule has 0 unspecified atom stereocenters. The first kappa shape index (κ1) is 19.8. The van der Waals surface area contributed by atoms with Crippen LogP contribution in [0.3, 0.4) is 0 Å². The van der Waals surface area contributed by atoms with E-state index in [1.807, 2.05) is 36.4 Å². The van der Waals surface area contributed by atoms with Crippen molar-refractivity contribution in [2.75, 3.05) is 0 Å². The van der Waals surface area contributed by atoms with Crippen LogP contribution < -0.4 is 0 Å². The van der Waals surface area contributed by atoms with Gasteiger partial charge in [-0.2, -0.15) is 10.2 Å². The van der Waals surface area contributed by atoms with E-state index < -0.39 is 5.82 Å². The minimum atomic E-state index is -0.490. The van der Waals surface area contributed by atoms with Gasteiger partial charge in [-0.3, -0.25) is 14.8 Å². The number of H-pyrrole nitrogens is 1. The summed E-state index contributed by atoms with van der Waals surface area (Å²) in [4.78, 5) is 4.09. The molecule has 0 aliphatic rings. The normalized spacial score (nSPS) is 11.6. The highest BCUT2D eigenvalue weighted by atomic mass is 35.5. The van der Waals surface area contributed by atoms with Crippen LogP contribution >= 0.6 is 23.2 Å². The number of hydrogen-bond donors (Lipinski definition) is 1. The number of hydrogen-bond acceptors (Lipinski definition) is 5. The number of fused-ring (bicyclic) bond motifs is 2. The number of aromatic nitrogens is 8. The van der Waals surface area contributed by atoms with Crippen molar-refractivity contribution in [1.29, 1.82) is 0 Å². The Labute approximate surface area is 195 Å². The maximum Gasteiger partial charge on any atom is 0.142 e. The molecule has 0 radical (unpaired) electrons. The number of rotatable bonds is 4. The van der Waals surface area contributed by atoms with Gasteiger partial charge in [0.15, 0.2) is 0 Å². The molecule has 8 nitrogen and oxygen atoms in total. The Hall–Kier alpha value is -3.82. The number of nitrogens with zero attached hydrogens (tertiary/aromatic N) is 7. The zero-order valence-electron chi connectivity index (χ0n) is 16.7. The van der Waals surface area contributed by atoms with Gasteiger partial charge in [0.2, 0.25) is 0 Å². The smallest absolute Gasteiger partial charge is 0.142 e.